The number of aromatic amines is 1. The van der Waals surface area contributed by atoms with Crippen molar-refractivity contribution in [3.63, 3.8) is 0 Å². The van der Waals surface area contributed by atoms with E-state index in [1.807, 2.05) is 16.9 Å². The van der Waals surface area contributed by atoms with Crippen LogP contribution >= 0.6 is 0 Å². The highest BCUT2D eigenvalue weighted by Gasteiger charge is 2.23. The van der Waals surface area contributed by atoms with Crippen molar-refractivity contribution >= 4 is 20.7 Å². The van der Waals surface area contributed by atoms with Gasteiger partial charge in [0.2, 0.25) is 0 Å². The SMILES string of the molecule is CS(=O)(=O)C[C@H](O)c1cc2n(n1)CCN(Cc1cccc3[nH]ccc13)C2. The largest absolute Gasteiger partial charge is 0.386 e. The second-order valence-corrected chi connectivity index (χ2v) is 9.14. The van der Waals surface area contributed by atoms with Gasteiger partial charge in [0.05, 0.1) is 23.7 Å². The fourth-order valence-electron chi connectivity index (χ4n) is 3.54. The zero-order valence-corrected chi connectivity index (χ0v) is 15.4. The molecule has 0 amide bonds. The summed E-state index contributed by atoms with van der Waals surface area (Å²) in [4.78, 5) is 5.58. The summed E-state index contributed by atoms with van der Waals surface area (Å²) < 4.78 is 24.7. The molecule has 2 aromatic heterocycles. The zero-order chi connectivity index (χ0) is 18.3. The average Bonchev–Trinajstić information content (AvgIpc) is 3.19. The number of nitrogens with one attached hydrogen (secondary N) is 1. The van der Waals surface area contributed by atoms with Crippen LogP contribution in [0.1, 0.15) is 23.1 Å². The van der Waals surface area contributed by atoms with Gasteiger partial charge in [0.1, 0.15) is 15.9 Å². The van der Waals surface area contributed by atoms with Gasteiger partial charge in [0, 0.05) is 43.0 Å². The van der Waals surface area contributed by atoms with E-state index in [4.69, 9.17) is 0 Å². The molecule has 7 nitrogen and oxygen atoms in total. The molecular formula is C18H22N4O3S. The van der Waals surface area contributed by atoms with Crippen molar-refractivity contribution in [1.29, 1.82) is 0 Å². The molecule has 3 heterocycles. The van der Waals surface area contributed by atoms with E-state index in [2.05, 4.69) is 39.2 Å². The number of aromatic nitrogens is 3. The van der Waals surface area contributed by atoms with E-state index >= 15 is 0 Å². The molecule has 1 atom stereocenters. The minimum Gasteiger partial charge on any atom is -0.386 e. The highest BCUT2D eigenvalue weighted by atomic mass is 32.2. The lowest BCUT2D eigenvalue weighted by Crippen LogP contribution is -2.33. The van der Waals surface area contributed by atoms with Gasteiger partial charge in [-0.2, -0.15) is 5.10 Å². The third-order valence-corrected chi connectivity index (χ3v) is 5.70. The number of sulfone groups is 1. The number of hydrogen-bond acceptors (Lipinski definition) is 5. The number of hydrogen-bond donors (Lipinski definition) is 2. The Kier molecular flexibility index (Phi) is 4.34. The van der Waals surface area contributed by atoms with Crippen molar-refractivity contribution in [1.82, 2.24) is 19.7 Å². The summed E-state index contributed by atoms with van der Waals surface area (Å²) in [5.74, 6) is -0.303. The third kappa shape index (κ3) is 3.53. The average molecular weight is 374 g/mol. The van der Waals surface area contributed by atoms with Crippen molar-refractivity contribution in [2.24, 2.45) is 0 Å². The van der Waals surface area contributed by atoms with Gasteiger partial charge in [-0.3, -0.25) is 9.58 Å². The first-order valence-corrected chi connectivity index (χ1v) is 10.6. The van der Waals surface area contributed by atoms with E-state index in [-0.39, 0.29) is 5.75 Å². The van der Waals surface area contributed by atoms with Crippen LogP contribution in [0.25, 0.3) is 10.9 Å². The van der Waals surface area contributed by atoms with Crippen molar-refractivity contribution in [2.45, 2.75) is 25.7 Å². The molecule has 138 valence electrons. The van der Waals surface area contributed by atoms with Crippen LogP contribution in [0.5, 0.6) is 0 Å². The van der Waals surface area contributed by atoms with Crippen LogP contribution in [0.2, 0.25) is 0 Å². The number of aliphatic hydroxyl groups is 1. The van der Waals surface area contributed by atoms with Crippen LogP contribution in [0.15, 0.2) is 36.5 Å². The molecule has 1 aliphatic rings. The smallest absolute Gasteiger partial charge is 0.150 e. The number of fused-ring (bicyclic) bond motifs is 2. The minimum absolute atomic E-state index is 0.303. The Bertz CT molecular complexity index is 1040. The lowest BCUT2D eigenvalue weighted by molar-refractivity contribution is 0.191. The Balaban J connectivity index is 1.50. The second-order valence-electron chi connectivity index (χ2n) is 6.96. The van der Waals surface area contributed by atoms with Crippen LogP contribution in [0.3, 0.4) is 0 Å². The van der Waals surface area contributed by atoms with Crippen LogP contribution in [0, 0.1) is 0 Å². The summed E-state index contributed by atoms with van der Waals surface area (Å²) in [5.41, 5.74) is 3.84. The summed E-state index contributed by atoms with van der Waals surface area (Å²) in [6.07, 6.45) is 2.00. The number of rotatable bonds is 5. The molecule has 2 N–H and O–H groups in total. The van der Waals surface area contributed by atoms with E-state index < -0.39 is 15.9 Å². The molecule has 4 rings (SSSR count). The van der Waals surface area contributed by atoms with E-state index in [9.17, 15) is 13.5 Å². The maximum absolute atomic E-state index is 11.4. The molecule has 26 heavy (non-hydrogen) atoms. The van der Waals surface area contributed by atoms with Gasteiger partial charge < -0.3 is 10.1 Å². The normalized spacial score (nSPS) is 16.7. The molecule has 0 aliphatic carbocycles. The van der Waals surface area contributed by atoms with Gasteiger partial charge in [-0.25, -0.2) is 8.42 Å². The third-order valence-electron chi connectivity index (χ3n) is 4.78. The van der Waals surface area contributed by atoms with Gasteiger partial charge in [-0.1, -0.05) is 12.1 Å². The standard InChI is InChI=1S/C18H22N4O3S/c1-26(24,25)12-18(23)17-9-14-11-21(7-8-22(14)20-17)10-13-3-2-4-16-15(13)5-6-19-16/h2-6,9,18-19,23H,7-8,10-12H2,1H3/t18-/m0/s1. The van der Waals surface area contributed by atoms with Crippen molar-refractivity contribution in [3.05, 3.63) is 53.5 Å². The fourth-order valence-corrected chi connectivity index (χ4v) is 4.29. The van der Waals surface area contributed by atoms with E-state index in [0.29, 0.717) is 5.69 Å². The minimum atomic E-state index is -3.25. The Labute approximate surface area is 152 Å². The molecule has 0 spiro atoms. The Morgan fingerprint density at radius 2 is 2.15 bits per heavy atom. The molecule has 0 fully saturated rings. The van der Waals surface area contributed by atoms with Gasteiger partial charge >= 0.3 is 0 Å². The predicted molar refractivity (Wildman–Crippen MR) is 99.3 cm³/mol. The Hall–Kier alpha value is -2.16. The van der Waals surface area contributed by atoms with E-state index in [0.717, 1.165) is 43.6 Å². The molecule has 0 saturated carbocycles. The summed E-state index contributed by atoms with van der Waals surface area (Å²) >= 11 is 0. The number of aliphatic hydroxyl groups excluding tert-OH is 1. The number of H-pyrrole nitrogens is 1. The molecule has 1 aliphatic heterocycles. The first-order valence-electron chi connectivity index (χ1n) is 8.59. The lowest BCUT2D eigenvalue weighted by Gasteiger charge is -2.27. The summed E-state index contributed by atoms with van der Waals surface area (Å²) in [7, 11) is -3.25. The molecule has 0 saturated heterocycles. The molecule has 0 radical (unpaired) electrons. The fraction of sp³-hybridized carbons (Fsp3) is 0.389. The van der Waals surface area contributed by atoms with Crippen LogP contribution in [0.4, 0.5) is 0 Å². The van der Waals surface area contributed by atoms with E-state index in [1.54, 1.807) is 0 Å². The van der Waals surface area contributed by atoms with Gasteiger partial charge in [-0.05, 0) is 23.8 Å². The maximum Gasteiger partial charge on any atom is 0.150 e. The van der Waals surface area contributed by atoms with Gasteiger partial charge in [0.25, 0.3) is 0 Å². The van der Waals surface area contributed by atoms with E-state index in [1.165, 1.54) is 10.9 Å². The quantitative estimate of drug-likeness (QED) is 0.705. The molecule has 1 aromatic carbocycles. The van der Waals surface area contributed by atoms with Crippen LogP contribution in [-0.2, 0) is 29.5 Å². The monoisotopic (exact) mass is 374 g/mol. The second kappa shape index (κ2) is 6.53. The van der Waals surface area contributed by atoms with Crippen LogP contribution < -0.4 is 0 Å². The Morgan fingerprint density at radius 3 is 2.96 bits per heavy atom. The molecule has 0 bridgehead atoms. The maximum atomic E-state index is 11.4. The lowest BCUT2D eigenvalue weighted by atomic mass is 10.1. The van der Waals surface area contributed by atoms with Gasteiger partial charge in [-0.15, -0.1) is 0 Å². The number of benzene rings is 1. The summed E-state index contributed by atoms with van der Waals surface area (Å²) in [6, 6.07) is 10.2. The zero-order valence-electron chi connectivity index (χ0n) is 14.6. The molecule has 8 heteroatoms. The molecule has 3 aromatic rings. The predicted octanol–water partition coefficient (Wildman–Crippen LogP) is 1.46. The van der Waals surface area contributed by atoms with Crippen molar-refractivity contribution < 1.29 is 13.5 Å². The highest BCUT2D eigenvalue weighted by molar-refractivity contribution is 7.90. The first kappa shape index (κ1) is 17.3. The van der Waals surface area contributed by atoms with Gasteiger partial charge in [0.15, 0.2) is 0 Å². The summed E-state index contributed by atoms with van der Waals surface area (Å²) in [5, 5.41) is 15.7. The highest BCUT2D eigenvalue weighted by Crippen LogP contribution is 2.23. The van der Waals surface area contributed by atoms with Crippen LogP contribution in [-0.4, -0.2) is 51.7 Å². The first-order chi connectivity index (χ1) is 12.4. The van der Waals surface area contributed by atoms with Crippen molar-refractivity contribution in [2.75, 3.05) is 18.6 Å². The summed E-state index contributed by atoms with van der Waals surface area (Å²) in [6.45, 7) is 3.14. The molecular weight excluding hydrogens is 352 g/mol. The number of nitrogens with zero attached hydrogens (tertiary/aromatic N) is 3. The molecule has 0 unspecified atom stereocenters. The topological polar surface area (TPSA) is 91.2 Å². The Morgan fingerprint density at radius 1 is 1.31 bits per heavy atom. The van der Waals surface area contributed by atoms with Crippen molar-refractivity contribution in [3.8, 4) is 0 Å².